The third kappa shape index (κ3) is 3.15. The van der Waals surface area contributed by atoms with Gasteiger partial charge in [0.2, 0.25) is 0 Å². The largest absolute Gasteiger partial charge is 0.467 e. The van der Waals surface area contributed by atoms with Crippen molar-refractivity contribution in [2.24, 2.45) is 5.73 Å². The van der Waals surface area contributed by atoms with E-state index in [9.17, 15) is 4.79 Å². The Bertz CT molecular complexity index is 610. The van der Waals surface area contributed by atoms with Crippen LogP contribution in [-0.4, -0.2) is 26.3 Å². The third-order valence-electron chi connectivity index (χ3n) is 3.30. The van der Waals surface area contributed by atoms with Gasteiger partial charge in [-0.2, -0.15) is 0 Å². The maximum Gasteiger partial charge on any atom is 0.331 e. The van der Waals surface area contributed by atoms with E-state index >= 15 is 0 Å². The molecule has 0 heterocycles. The second kappa shape index (κ2) is 6.50. The Morgan fingerprint density at radius 1 is 1.25 bits per heavy atom. The zero-order valence-corrected chi connectivity index (χ0v) is 11.8. The number of benzene rings is 2. The fourth-order valence-corrected chi connectivity index (χ4v) is 2.31. The van der Waals surface area contributed by atoms with E-state index in [1.165, 1.54) is 7.11 Å². The van der Waals surface area contributed by atoms with Crippen LogP contribution in [0.15, 0.2) is 36.4 Å². The summed E-state index contributed by atoms with van der Waals surface area (Å²) in [4.78, 5) is 11.0. The highest BCUT2D eigenvalue weighted by Crippen LogP contribution is 2.26. The smallest absolute Gasteiger partial charge is 0.331 e. The van der Waals surface area contributed by atoms with Gasteiger partial charge in [0.15, 0.2) is 0 Å². The molecule has 2 aromatic carbocycles. The van der Waals surface area contributed by atoms with Crippen LogP contribution in [0, 0.1) is 6.92 Å². The number of hydrogen-bond donors (Lipinski definition) is 1. The van der Waals surface area contributed by atoms with Crippen molar-refractivity contribution in [3.05, 3.63) is 47.5 Å². The van der Waals surface area contributed by atoms with E-state index in [4.69, 9.17) is 10.5 Å². The van der Waals surface area contributed by atoms with Gasteiger partial charge < -0.3 is 15.2 Å². The fourth-order valence-electron chi connectivity index (χ4n) is 2.31. The topological polar surface area (TPSA) is 61.5 Å². The van der Waals surface area contributed by atoms with Crippen LogP contribution in [0.3, 0.4) is 0 Å². The monoisotopic (exact) mass is 273 g/mol. The minimum absolute atomic E-state index is 0.0754. The minimum atomic E-state index is -0.396. The van der Waals surface area contributed by atoms with Gasteiger partial charge in [-0.25, -0.2) is 4.79 Å². The lowest BCUT2D eigenvalue weighted by molar-refractivity contribution is -0.146. The van der Waals surface area contributed by atoms with Crippen LogP contribution in [0.1, 0.15) is 17.2 Å². The first kappa shape index (κ1) is 14.5. The second-order valence-corrected chi connectivity index (χ2v) is 4.72. The van der Waals surface area contributed by atoms with Gasteiger partial charge in [0.05, 0.1) is 19.8 Å². The molecule has 2 rings (SSSR count). The van der Waals surface area contributed by atoms with Crippen molar-refractivity contribution in [2.75, 3.05) is 20.3 Å². The Hall–Kier alpha value is -1.91. The van der Waals surface area contributed by atoms with E-state index in [-0.39, 0.29) is 19.3 Å². The number of aryl methyl sites for hydroxylation is 1. The molecule has 1 atom stereocenters. The molecule has 0 saturated heterocycles. The van der Waals surface area contributed by atoms with Gasteiger partial charge in [0.1, 0.15) is 6.61 Å². The van der Waals surface area contributed by atoms with Gasteiger partial charge in [-0.1, -0.05) is 36.4 Å². The summed E-state index contributed by atoms with van der Waals surface area (Å²) in [5.74, 6) is -0.396. The fraction of sp³-hybridized carbons (Fsp3) is 0.312. The standard InChI is InChI=1S/C16H19NO3/c1-11-7-8-12-5-3-4-6-13(12)16(11)14(17)9-20-10-15(18)19-2/h3-8,14H,9-10,17H2,1-2H3. The van der Waals surface area contributed by atoms with E-state index < -0.39 is 5.97 Å². The zero-order valence-electron chi connectivity index (χ0n) is 11.8. The van der Waals surface area contributed by atoms with Gasteiger partial charge in [-0.05, 0) is 28.8 Å². The number of methoxy groups -OCH3 is 1. The highest BCUT2D eigenvalue weighted by atomic mass is 16.6. The SMILES string of the molecule is COC(=O)COCC(N)c1c(C)ccc2ccccc12. The Balaban J connectivity index is 2.19. The normalized spacial score (nSPS) is 12.3. The molecule has 2 aromatic rings. The first-order chi connectivity index (χ1) is 9.63. The molecule has 1 unspecified atom stereocenters. The molecule has 0 aliphatic carbocycles. The summed E-state index contributed by atoms with van der Waals surface area (Å²) < 4.78 is 9.83. The lowest BCUT2D eigenvalue weighted by Crippen LogP contribution is -2.21. The molecule has 106 valence electrons. The lowest BCUT2D eigenvalue weighted by Gasteiger charge is -2.17. The predicted octanol–water partition coefficient (Wildman–Crippen LogP) is 2.34. The molecule has 0 aromatic heterocycles. The van der Waals surface area contributed by atoms with Crippen molar-refractivity contribution in [3.63, 3.8) is 0 Å². The quantitative estimate of drug-likeness (QED) is 0.849. The Morgan fingerprint density at radius 2 is 2.00 bits per heavy atom. The molecule has 2 N–H and O–H groups in total. The average molecular weight is 273 g/mol. The molecule has 4 nitrogen and oxygen atoms in total. The second-order valence-electron chi connectivity index (χ2n) is 4.72. The number of nitrogens with two attached hydrogens (primary N) is 1. The number of carbonyl (C=O) groups is 1. The number of esters is 1. The van der Waals surface area contributed by atoms with E-state index in [1.807, 2.05) is 19.1 Å². The molecule has 0 bridgehead atoms. The van der Waals surface area contributed by atoms with Crippen molar-refractivity contribution in [2.45, 2.75) is 13.0 Å². The lowest BCUT2D eigenvalue weighted by atomic mass is 9.95. The van der Waals surface area contributed by atoms with Crippen molar-refractivity contribution < 1.29 is 14.3 Å². The number of carbonyl (C=O) groups excluding carboxylic acids is 1. The molecule has 0 saturated carbocycles. The zero-order chi connectivity index (χ0) is 14.5. The average Bonchev–Trinajstić information content (AvgIpc) is 2.46. The number of hydrogen-bond acceptors (Lipinski definition) is 4. The summed E-state index contributed by atoms with van der Waals surface area (Å²) in [5, 5.41) is 2.28. The number of rotatable bonds is 5. The van der Waals surface area contributed by atoms with Gasteiger partial charge >= 0.3 is 5.97 Å². The van der Waals surface area contributed by atoms with Crippen LogP contribution < -0.4 is 5.73 Å². The number of ether oxygens (including phenoxy) is 2. The van der Waals surface area contributed by atoms with Crippen LogP contribution >= 0.6 is 0 Å². The molecule has 0 aliphatic heterocycles. The van der Waals surface area contributed by atoms with Gasteiger partial charge in [-0.3, -0.25) is 0 Å². The first-order valence-electron chi connectivity index (χ1n) is 6.52. The van der Waals surface area contributed by atoms with E-state index in [0.29, 0.717) is 0 Å². The first-order valence-corrected chi connectivity index (χ1v) is 6.52. The highest BCUT2D eigenvalue weighted by molar-refractivity contribution is 5.87. The predicted molar refractivity (Wildman–Crippen MR) is 78.4 cm³/mol. The van der Waals surface area contributed by atoms with Crippen molar-refractivity contribution in [1.29, 1.82) is 0 Å². The van der Waals surface area contributed by atoms with Crippen molar-refractivity contribution in [3.8, 4) is 0 Å². The van der Waals surface area contributed by atoms with Crippen molar-refractivity contribution >= 4 is 16.7 Å². The highest BCUT2D eigenvalue weighted by Gasteiger charge is 2.13. The molecule has 0 fully saturated rings. The van der Waals surface area contributed by atoms with Gasteiger partial charge in [0.25, 0.3) is 0 Å². The van der Waals surface area contributed by atoms with E-state index in [2.05, 4.69) is 29.0 Å². The Morgan fingerprint density at radius 3 is 2.75 bits per heavy atom. The maximum absolute atomic E-state index is 11.0. The summed E-state index contributed by atoms with van der Waals surface area (Å²) in [6.45, 7) is 2.24. The van der Waals surface area contributed by atoms with Crippen LogP contribution in [0.25, 0.3) is 10.8 Å². The maximum atomic E-state index is 11.0. The summed E-state index contributed by atoms with van der Waals surface area (Å²) in [6.07, 6.45) is 0. The molecule has 0 radical (unpaired) electrons. The summed E-state index contributed by atoms with van der Waals surface area (Å²) >= 11 is 0. The Kier molecular flexibility index (Phi) is 4.71. The summed E-state index contributed by atoms with van der Waals surface area (Å²) in [5.41, 5.74) is 8.40. The van der Waals surface area contributed by atoms with Gasteiger partial charge in [0, 0.05) is 0 Å². The minimum Gasteiger partial charge on any atom is -0.467 e. The van der Waals surface area contributed by atoms with Crippen LogP contribution in [0.4, 0.5) is 0 Å². The Labute approximate surface area is 118 Å². The van der Waals surface area contributed by atoms with Crippen molar-refractivity contribution in [1.82, 2.24) is 0 Å². The molecule has 4 heteroatoms. The molecule has 20 heavy (non-hydrogen) atoms. The molecule has 0 amide bonds. The molecular weight excluding hydrogens is 254 g/mol. The number of fused-ring (bicyclic) bond motifs is 1. The third-order valence-corrected chi connectivity index (χ3v) is 3.30. The van der Waals surface area contributed by atoms with E-state index in [1.54, 1.807) is 0 Å². The summed E-state index contributed by atoms with van der Waals surface area (Å²) in [6, 6.07) is 12.0. The van der Waals surface area contributed by atoms with Gasteiger partial charge in [-0.15, -0.1) is 0 Å². The van der Waals surface area contributed by atoms with Crippen LogP contribution in [-0.2, 0) is 14.3 Å². The van der Waals surface area contributed by atoms with Crippen LogP contribution in [0.2, 0.25) is 0 Å². The van der Waals surface area contributed by atoms with E-state index in [0.717, 1.165) is 21.9 Å². The molecule has 0 spiro atoms. The molecule has 0 aliphatic rings. The van der Waals surface area contributed by atoms with Crippen LogP contribution in [0.5, 0.6) is 0 Å². The molecular formula is C16H19NO3. The summed E-state index contributed by atoms with van der Waals surface area (Å²) in [7, 11) is 1.33.